The molecule has 0 heterocycles. The number of rotatable bonds is 3. The van der Waals surface area contributed by atoms with E-state index in [1.807, 2.05) is 6.26 Å². The maximum atomic E-state index is 11.1. The van der Waals surface area contributed by atoms with Crippen LogP contribution < -0.4 is 5.32 Å². The van der Waals surface area contributed by atoms with Gasteiger partial charge in [0.05, 0.1) is 0 Å². The van der Waals surface area contributed by atoms with Gasteiger partial charge in [0.2, 0.25) is 5.91 Å². The summed E-state index contributed by atoms with van der Waals surface area (Å²) in [5.41, 5.74) is 0. The van der Waals surface area contributed by atoms with Gasteiger partial charge in [-0.05, 0) is 12.7 Å². The molecule has 0 unspecified atom stereocenters. The highest BCUT2D eigenvalue weighted by Gasteiger charge is 2.01. The third-order valence-electron chi connectivity index (χ3n) is 1.22. The summed E-state index contributed by atoms with van der Waals surface area (Å²) in [4.78, 5) is 15.0. The Morgan fingerprint density at radius 1 is 1.75 bits per heavy atom. The minimum Gasteiger partial charge on any atom is -0.305 e. The molecule has 0 aromatic rings. The lowest BCUT2D eigenvalue weighted by Gasteiger charge is -2.03. The number of carbonyl (C=O) groups is 1. The molecule has 0 spiro atoms. The van der Waals surface area contributed by atoms with E-state index in [0.29, 0.717) is 18.0 Å². The fourth-order valence-corrected chi connectivity index (χ4v) is 1.01. The Morgan fingerprint density at radius 3 is 2.83 bits per heavy atom. The summed E-state index contributed by atoms with van der Waals surface area (Å²) in [5.74, 6) is -0.00940. The van der Waals surface area contributed by atoms with Gasteiger partial charge in [-0.25, -0.2) is 0 Å². The minimum atomic E-state index is -0.00940. The molecule has 68 valence electrons. The van der Waals surface area contributed by atoms with E-state index in [1.54, 1.807) is 13.1 Å². The second-order valence-corrected chi connectivity index (χ2v) is 2.90. The zero-order chi connectivity index (χ0) is 9.40. The number of hydrogen-bond acceptors (Lipinski definition) is 3. The molecule has 4 heteroatoms. The number of hydrogen-bond donors (Lipinski definition) is 1. The molecule has 0 bridgehead atoms. The summed E-state index contributed by atoms with van der Waals surface area (Å²) in [6.45, 7) is 3.54. The van der Waals surface area contributed by atoms with Crippen LogP contribution in [-0.4, -0.2) is 24.4 Å². The Balaban J connectivity index is 3.74. The first-order valence-electron chi connectivity index (χ1n) is 3.66. The lowest BCUT2D eigenvalue weighted by Crippen LogP contribution is -2.27. The number of carbonyl (C=O) groups excluding carboxylic acids is 1. The topological polar surface area (TPSA) is 41.5 Å². The van der Waals surface area contributed by atoms with E-state index in [-0.39, 0.29) is 5.91 Å². The smallest absolute Gasteiger partial charge is 0.226 e. The molecular formula is C8H14N2OS. The van der Waals surface area contributed by atoms with Gasteiger partial charge in [0.15, 0.2) is 5.17 Å². The van der Waals surface area contributed by atoms with Crippen LogP contribution in [0.15, 0.2) is 17.6 Å². The Kier molecular flexibility index (Phi) is 6.47. The van der Waals surface area contributed by atoms with Gasteiger partial charge in [0.1, 0.15) is 0 Å². The number of amidine groups is 1. The van der Waals surface area contributed by atoms with Crippen LogP contribution in [-0.2, 0) is 4.79 Å². The molecule has 0 aliphatic heterocycles. The second kappa shape index (κ2) is 6.91. The first-order chi connectivity index (χ1) is 5.74. The predicted octanol–water partition coefficient (Wildman–Crippen LogP) is 1.42. The minimum absolute atomic E-state index is 0.00940. The van der Waals surface area contributed by atoms with Crippen LogP contribution in [0, 0.1) is 0 Å². The Bertz CT molecular complexity index is 189. The highest BCUT2D eigenvalue weighted by molar-refractivity contribution is 8.13. The zero-order valence-corrected chi connectivity index (χ0v) is 8.28. The average molecular weight is 186 g/mol. The third-order valence-corrected chi connectivity index (χ3v) is 1.89. The van der Waals surface area contributed by atoms with Gasteiger partial charge in [-0.3, -0.25) is 9.79 Å². The van der Waals surface area contributed by atoms with E-state index >= 15 is 0 Å². The van der Waals surface area contributed by atoms with Gasteiger partial charge in [0, 0.05) is 13.5 Å². The normalized spacial score (nSPS) is 11.0. The molecule has 0 aliphatic rings. The van der Waals surface area contributed by atoms with Crippen molar-refractivity contribution < 1.29 is 4.79 Å². The van der Waals surface area contributed by atoms with Gasteiger partial charge in [0.25, 0.3) is 0 Å². The quantitative estimate of drug-likeness (QED) is 0.411. The van der Waals surface area contributed by atoms with Crippen LogP contribution in [0.25, 0.3) is 0 Å². The molecule has 0 aromatic carbocycles. The van der Waals surface area contributed by atoms with E-state index in [4.69, 9.17) is 0 Å². The Labute approximate surface area is 77.3 Å². The summed E-state index contributed by atoms with van der Waals surface area (Å²) < 4.78 is 0. The van der Waals surface area contributed by atoms with Crippen molar-refractivity contribution >= 4 is 22.8 Å². The molecule has 0 saturated carbocycles. The lowest BCUT2D eigenvalue weighted by atomic mass is 10.3. The summed E-state index contributed by atoms with van der Waals surface area (Å²) >= 11 is 1.42. The van der Waals surface area contributed by atoms with E-state index in [9.17, 15) is 4.79 Å². The van der Waals surface area contributed by atoms with Crippen LogP contribution >= 0.6 is 11.8 Å². The SMILES string of the molecule is C=CCCC(=O)N/C(=N/C)SC. The van der Waals surface area contributed by atoms with Gasteiger partial charge >= 0.3 is 0 Å². The number of thioether (sulfide) groups is 1. The number of amides is 1. The lowest BCUT2D eigenvalue weighted by molar-refractivity contribution is -0.119. The van der Waals surface area contributed by atoms with Gasteiger partial charge in [-0.15, -0.1) is 6.58 Å². The highest BCUT2D eigenvalue weighted by Crippen LogP contribution is 1.95. The van der Waals surface area contributed by atoms with Crippen LogP contribution in [0.3, 0.4) is 0 Å². The van der Waals surface area contributed by atoms with E-state index in [1.165, 1.54) is 11.8 Å². The van der Waals surface area contributed by atoms with Crippen LogP contribution in [0.1, 0.15) is 12.8 Å². The average Bonchev–Trinajstić information content (AvgIpc) is 2.10. The number of allylic oxidation sites excluding steroid dienone is 1. The van der Waals surface area contributed by atoms with Crippen molar-refractivity contribution in [3.63, 3.8) is 0 Å². The highest BCUT2D eigenvalue weighted by atomic mass is 32.2. The molecule has 0 saturated heterocycles. The van der Waals surface area contributed by atoms with E-state index in [2.05, 4.69) is 16.9 Å². The van der Waals surface area contributed by atoms with Crippen molar-refractivity contribution in [2.45, 2.75) is 12.8 Å². The molecule has 1 amide bonds. The molecule has 3 nitrogen and oxygen atoms in total. The molecule has 0 rings (SSSR count). The van der Waals surface area contributed by atoms with E-state index in [0.717, 1.165) is 0 Å². The van der Waals surface area contributed by atoms with Crippen molar-refractivity contribution in [2.75, 3.05) is 13.3 Å². The maximum absolute atomic E-state index is 11.1. The van der Waals surface area contributed by atoms with Crippen LogP contribution in [0.4, 0.5) is 0 Å². The third kappa shape index (κ3) is 4.96. The van der Waals surface area contributed by atoms with Crippen LogP contribution in [0.2, 0.25) is 0 Å². The summed E-state index contributed by atoms with van der Waals surface area (Å²) in [5, 5.41) is 3.33. The molecule has 0 radical (unpaired) electrons. The predicted molar refractivity (Wildman–Crippen MR) is 54.4 cm³/mol. The molecular weight excluding hydrogens is 172 g/mol. The van der Waals surface area contributed by atoms with Gasteiger partial charge in [-0.1, -0.05) is 17.8 Å². The van der Waals surface area contributed by atoms with Crippen molar-refractivity contribution in [3.05, 3.63) is 12.7 Å². The van der Waals surface area contributed by atoms with Crippen molar-refractivity contribution in [1.29, 1.82) is 0 Å². The monoisotopic (exact) mass is 186 g/mol. The fraction of sp³-hybridized carbons (Fsp3) is 0.500. The number of nitrogens with one attached hydrogen (secondary N) is 1. The summed E-state index contributed by atoms with van der Waals surface area (Å²) in [7, 11) is 1.65. The standard InChI is InChI=1S/C8H14N2OS/c1-4-5-6-7(11)10-8(9-2)12-3/h4H,1,5-6H2,2-3H3,(H,9,10,11). The van der Waals surface area contributed by atoms with E-state index < -0.39 is 0 Å². The summed E-state index contributed by atoms with van der Waals surface area (Å²) in [6, 6.07) is 0. The van der Waals surface area contributed by atoms with Crippen LogP contribution in [0.5, 0.6) is 0 Å². The Morgan fingerprint density at radius 2 is 2.42 bits per heavy atom. The van der Waals surface area contributed by atoms with Crippen molar-refractivity contribution in [3.8, 4) is 0 Å². The number of nitrogens with zero attached hydrogens (tertiary/aromatic N) is 1. The maximum Gasteiger partial charge on any atom is 0.226 e. The van der Waals surface area contributed by atoms with Crippen molar-refractivity contribution in [1.82, 2.24) is 5.32 Å². The number of aliphatic imine (C=N–C) groups is 1. The first kappa shape index (κ1) is 11.2. The molecule has 0 aliphatic carbocycles. The fourth-order valence-electron chi connectivity index (χ4n) is 0.613. The second-order valence-electron chi connectivity index (χ2n) is 2.11. The largest absolute Gasteiger partial charge is 0.305 e. The molecule has 1 N–H and O–H groups in total. The van der Waals surface area contributed by atoms with Gasteiger partial charge in [-0.2, -0.15) is 0 Å². The molecule has 0 aromatic heterocycles. The van der Waals surface area contributed by atoms with Gasteiger partial charge < -0.3 is 5.32 Å². The van der Waals surface area contributed by atoms with Crippen molar-refractivity contribution in [2.24, 2.45) is 4.99 Å². The first-order valence-corrected chi connectivity index (χ1v) is 4.88. The molecule has 0 fully saturated rings. The summed E-state index contributed by atoms with van der Waals surface area (Å²) in [6.07, 6.45) is 4.78. The Hall–Kier alpha value is -0.770. The molecule has 0 atom stereocenters. The zero-order valence-electron chi connectivity index (χ0n) is 7.46. The molecule has 12 heavy (non-hydrogen) atoms.